The lowest BCUT2D eigenvalue weighted by atomic mass is 10.0. The fourth-order valence-corrected chi connectivity index (χ4v) is 9.12. The molecule has 2 N–H and O–H groups in total. The zero-order chi connectivity index (χ0) is 19.9. The first-order valence-electron chi connectivity index (χ1n) is 9.76. The Morgan fingerprint density at radius 2 is 1.43 bits per heavy atom. The third-order valence-electron chi connectivity index (χ3n) is 5.80. The van der Waals surface area contributed by atoms with Crippen LogP contribution in [0.25, 0.3) is 0 Å². The Morgan fingerprint density at radius 3 is 1.93 bits per heavy atom. The molecule has 0 radical (unpaired) electrons. The molecule has 2 aliphatic heterocycles. The molecule has 2 saturated heterocycles. The Balaban J connectivity index is 1.86. The van der Waals surface area contributed by atoms with Gasteiger partial charge in [0.2, 0.25) is 0 Å². The smallest absolute Gasteiger partial charge is 0.261 e. The number of hydrogen-bond donors (Lipinski definition) is 2. The SMILES string of the molecule is CC(C)(C)[Si](O[C@H]1[C@H](O)[C@H](O)[C@@H]2OC[C@H]1O2)(c1ccccc1)c1ccccc1. The number of fused-ring (bicyclic) bond motifs is 2. The minimum atomic E-state index is -2.85. The van der Waals surface area contributed by atoms with Crippen molar-refractivity contribution < 1.29 is 24.1 Å². The van der Waals surface area contributed by atoms with Gasteiger partial charge in [-0.2, -0.15) is 0 Å². The van der Waals surface area contributed by atoms with E-state index in [-0.39, 0.29) is 5.04 Å². The molecule has 0 spiro atoms. The molecular formula is C22H28O5Si. The lowest BCUT2D eigenvalue weighted by Crippen LogP contribution is -2.71. The number of aliphatic hydroxyl groups is 2. The average Bonchev–Trinajstić information content (AvgIpc) is 3.14. The minimum absolute atomic E-state index is 0.226. The minimum Gasteiger partial charge on any atom is -0.399 e. The second-order valence-corrected chi connectivity index (χ2v) is 12.9. The number of rotatable bonds is 4. The van der Waals surface area contributed by atoms with E-state index in [4.69, 9.17) is 13.9 Å². The lowest BCUT2D eigenvalue weighted by molar-refractivity contribution is -0.224. The van der Waals surface area contributed by atoms with Crippen LogP contribution in [0.15, 0.2) is 60.7 Å². The van der Waals surface area contributed by atoms with Gasteiger partial charge < -0.3 is 24.1 Å². The molecule has 2 aliphatic rings. The zero-order valence-electron chi connectivity index (χ0n) is 16.5. The van der Waals surface area contributed by atoms with Crippen LogP contribution in [0.5, 0.6) is 0 Å². The molecule has 5 nitrogen and oxygen atoms in total. The van der Waals surface area contributed by atoms with Crippen molar-refractivity contribution in [2.24, 2.45) is 0 Å². The van der Waals surface area contributed by atoms with Gasteiger partial charge in [-0.05, 0) is 15.4 Å². The third kappa shape index (κ3) is 3.14. The second-order valence-electron chi connectivity index (χ2n) is 8.60. The van der Waals surface area contributed by atoms with E-state index in [9.17, 15) is 10.2 Å². The molecule has 0 aliphatic carbocycles. The highest BCUT2D eigenvalue weighted by molar-refractivity contribution is 6.99. The zero-order valence-corrected chi connectivity index (χ0v) is 17.5. The maximum Gasteiger partial charge on any atom is 0.261 e. The lowest BCUT2D eigenvalue weighted by Gasteiger charge is -2.48. The number of ether oxygens (including phenoxy) is 2. The fourth-order valence-electron chi connectivity index (χ4n) is 4.41. The maximum atomic E-state index is 10.8. The predicted molar refractivity (Wildman–Crippen MR) is 109 cm³/mol. The standard InChI is InChI=1S/C22H28O5Si/c1-22(2,3)28(15-10-6-4-7-11-15,16-12-8-5-9-13-16)27-20-17-14-25-21(26-17)19(24)18(20)23/h4-13,17-21,23-24H,14H2,1-3H3/t17-,18-,19+,20-,21-/m1/s1. The van der Waals surface area contributed by atoms with Crippen molar-refractivity contribution in [3.63, 3.8) is 0 Å². The van der Waals surface area contributed by atoms with E-state index < -0.39 is 39.0 Å². The van der Waals surface area contributed by atoms with Gasteiger partial charge in [-0.1, -0.05) is 81.4 Å². The summed E-state index contributed by atoms with van der Waals surface area (Å²) in [4.78, 5) is 0. The quantitative estimate of drug-likeness (QED) is 0.760. The summed E-state index contributed by atoms with van der Waals surface area (Å²) in [5, 5.41) is 23.3. The first-order valence-corrected chi connectivity index (χ1v) is 11.7. The molecule has 6 heteroatoms. The van der Waals surface area contributed by atoms with Gasteiger partial charge in [0, 0.05) is 0 Å². The molecule has 2 bridgehead atoms. The van der Waals surface area contributed by atoms with Crippen LogP contribution < -0.4 is 10.4 Å². The van der Waals surface area contributed by atoms with Crippen LogP contribution in [0.1, 0.15) is 20.8 Å². The van der Waals surface area contributed by atoms with Crippen molar-refractivity contribution >= 4 is 18.7 Å². The van der Waals surface area contributed by atoms with E-state index in [0.717, 1.165) is 10.4 Å². The normalized spacial score (nSPS) is 30.4. The van der Waals surface area contributed by atoms with Gasteiger partial charge in [-0.25, -0.2) is 0 Å². The predicted octanol–water partition coefficient (Wildman–Crippen LogP) is 1.41. The number of hydrogen-bond acceptors (Lipinski definition) is 5. The summed E-state index contributed by atoms with van der Waals surface area (Å²) in [6, 6.07) is 20.5. The Bertz CT molecular complexity index is 752. The summed E-state index contributed by atoms with van der Waals surface area (Å²) in [6.07, 6.45) is -4.03. The van der Waals surface area contributed by atoms with Crippen LogP contribution in [-0.4, -0.2) is 55.8 Å². The van der Waals surface area contributed by atoms with Crippen LogP contribution in [0, 0.1) is 0 Å². The molecule has 2 heterocycles. The molecule has 5 atom stereocenters. The fraction of sp³-hybridized carbons (Fsp3) is 0.455. The first kappa shape index (κ1) is 19.8. The maximum absolute atomic E-state index is 10.8. The van der Waals surface area contributed by atoms with Crippen LogP contribution in [0.2, 0.25) is 5.04 Å². The van der Waals surface area contributed by atoms with Gasteiger partial charge in [0.25, 0.3) is 8.32 Å². The molecule has 0 amide bonds. The summed E-state index contributed by atoms with van der Waals surface area (Å²) in [5.74, 6) is 0. The van der Waals surface area contributed by atoms with E-state index in [1.165, 1.54) is 0 Å². The molecule has 2 fully saturated rings. The van der Waals surface area contributed by atoms with E-state index in [1.807, 2.05) is 36.4 Å². The van der Waals surface area contributed by atoms with Gasteiger partial charge in [-0.15, -0.1) is 0 Å². The van der Waals surface area contributed by atoms with Gasteiger partial charge in [0.15, 0.2) is 6.29 Å². The Kier molecular flexibility index (Phi) is 5.20. The number of benzene rings is 2. The van der Waals surface area contributed by atoms with Crippen molar-refractivity contribution in [1.29, 1.82) is 0 Å². The topological polar surface area (TPSA) is 68.2 Å². The molecule has 28 heavy (non-hydrogen) atoms. The molecule has 4 rings (SSSR count). The summed E-state index contributed by atoms with van der Waals surface area (Å²) in [7, 11) is -2.85. The molecule has 2 aromatic carbocycles. The summed E-state index contributed by atoms with van der Waals surface area (Å²) in [5.41, 5.74) is 0. The Hall–Kier alpha value is -1.54. The second kappa shape index (κ2) is 7.37. The van der Waals surface area contributed by atoms with E-state index >= 15 is 0 Å². The molecule has 2 aromatic rings. The van der Waals surface area contributed by atoms with Crippen LogP contribution >= 0.6 is 0 Å². The first-order chi connectivity index (χ1) is 13.3. The van der Waals surface area contributed by atoms with Gasteiger partial charge in [0.05, 0.1) is 6.61 Å². The molecule has 0 unspecified atom stereocenters. The van der Waals surface area contributed by atoms with E-state index in [2.05, 4.69) is 45.0 Å². The van der Waals surface area contributed by atoms with Crippen molar-refractivity contribution in [1.82, 2.24) is 0 Å². The van der Waals surface area contributed by atoms with E-state index in [1.54, 1.807) is 0 Å². The van der Waals surface area contributed by atoms with E-state index in [0.29, 0.717) is 6.61 Å². The Labute approximate surface area is 167 Å². The third-order valence-corrected chi connectivity index (χ3v) is 10.8. The van der Waals surface area contributed by atoms with Crippen LogP contribution in [-0.2, 0) is 13.9 Å². The van der Waals surface area contributed by atoms with Gasteiger partial charge >= 0.3 is 0 Å². The summed E-state index contributed by atoms with van der Waals surface area (Å²) >= 11 is 0. The van der Waals surface area contributed by atoms with Crippen molar-refractivity contribution in [2.45, 2.75) is 56.5 Å². The monoisotopic (exact) mass is 400 g/mol. The summed E-state index contributed by atoms with van der Waals surface area (Å²) in [6.45, 7) is 6.85. The molecular weight excluding hydrogens is 372 g/mol. The summed E-state index contributed by atoms with van der Waals surface area (Å²) < 4.78 is 18.2. The molecule has 0 saturated carbocycles. The van der Waals surface area contributed by atoms with Crippen molar-refractivity contribution in [3.05, 3.63) is 60.7 Å². The van der Waals surface area contributed by atoms with Gasteiger partial charge in [-0.3, -0.25) is 0 Å². The van der Waals surface area contributed by atoms with Crippen molar-refractivity contribution in [3.8, 4) is 0 Å². The highest BCUT2D eigenvalue weighted by Gasteiger charge is 2.57. The van der Waals surface area contributed by atoms with Crippen LogP contribution in [0.4, 0.5) is 0 Å². The largest absolute Gasteiger partial charge is 0.399 e. The average molecular weight is 401 g/mol. The highest BCUT2D eigenvalue weighted by Crippen LogP contribution is 2.40. The van der Waals surface area contributed by atoms with Crippen molar-refractivity contribution in [2.75, 3.05) is 6.61 Å². The highest BCUT2D eigenvalue weighted by atomic mass is 28.4. The van der Waals surface area contributed by atoms with Crippen LogP contribution in [0.3, 0.4) is 0 Å². The van der Waals surface area contributed by atoms with Gasteiger partial charge in [0.1, 0.15) is 24.4 Å². The Morgan fingerprint density at radius 1 is 0.893 bits per heavy atom. The number of aliphatic hydroxyl groups excluding tert-OH is 2. The molecule has 150 valence electrons. The molecule has 0 aromatic heterocycles.